The Balaban J connectivity index is 1.79. The van der Waals surface area contributed by atoms with Gasteiger partial charge in [0.05, 0.1) is 0 Å². The normalized spacial score (nSPS) is 10.3. The molecule has 2 aromatic rings. The standard InChI is InChI=1S/C17H15Cl2NO2/c18-14-6-4-13(5-7-14)11-16(21)17(22)20-9-8-12-2-1-3-15(19)10-12/h1-7,10H,8-9,11H2,(H,20,22). The fourth-order valence-corrected chi connectivity index (χ4v) is 2.32. The lowest BCUT2D eigenvalue weighted by Crippen LogP contribution is -2.33. The van der Waals surface area contributed by atoms with E-state index in [4.69, 9.17) is 23.2 Å². The number of rotatable bonds is 6. The minimum absolute atomic E-state index is 0.0696. The first-order valence-corrected chi connectivity index (χ1v) is 7.60. The topological polar surface area (TPSA) is 46.2 Å². The average Bonchev–Trinajstić information content (AvgIpc) is 2.49. The molecule has 0 aliphatic heterocycles. The number of ketones is 1. The van der Waals surface area contributed by atoms with Gasteiger partial charge in [0.15, 0.2) is 0 Å². The predicted octanol–water partition coefficient (Wildman–Crippen LogP) is 3.46. The van der Waals surface area contributed by atoms with Crippen LogP contribution in [-0.4, -0.2) is 18.2 Å². The Kier molecular flexibility index (Phi) is 5.99. The number of Topliss-reactive ketones (excluding diaryl/α,β-unsaturated/α-hetero) is 1. The summed E-state index contributed by atoms with van der Waals surface area (Å²) in [6, 6.07) is 14.3. The maximum Gasteiger partial charge on any atom is 0.287 e. The van der Waals surface area contributed by atoms with Crippen LogP contribution >= 0.6 is 23.2 Å². The number of nitrogens with one attached hydrogen (secondary N) is 1. The van der Waals surface area contributed by atoms with E-state index in [-0.39, 0.29) is 6.42 Å². The lowest BCUT2D eigenvalue weighted by molar-refractivity contribution is -0.137. The quantitative estimate of drug-likeness (QED) is 0.821. The zero-order valence-corrected chi connectivity index (χ0v) is 13.3. The molecule has 0 radical (unpaired) electrons. The summed E-state index contributed by atoms with van der Waals surface area (Å²) in [5.41, 5.74) is 1.78. The summed E-state index contributed by atoms with van der Waals surface area (Å²) < 4.78 is 0. The highest BCUT2D eigenvalue weighted by atomic mass is 35.5. The van der Waals surface area contributed by atoms with Crippen LogP contribution in [0, 0.1) is 0 Å². The molecule has 0 aliphatic rings. The van der Waals surface area contributed by atoms with Gasteiger partial charge in [0.1, 0.15) is 0 Å². The Labute approximate surface area is 139 Å². The van der Waals surface area contributed by atoms with E-state index >= 15 is 0 Å². The molecule has 0 aliphatic carbocycles. The SMILES string of the molecule is O=C(Cc1ccc(Cl)cc1)C(=O)NCCc1cccc(Cl)c1. The Morgan fingerprint density at radius 1 is 0.909 bits per heavy atom. The lowest BCUT2D eigenvalue weighted by Gasteiger charge is -2.05. The van der Waals surface area contributed by atoms with E-state index < -0.39 is 11.7 Å². The summed E-state index contributed by atoms with van der Waals surface area (Å²) in [5.74, 6) is -1.04. The third kappa shape index (κ3) is 5.17. The van der Waals surface area contributed by atoms with Crippen molar-refractivity contribution in [1.82, 2.24) is 5.32 Å². The van der Waals surface area contributed by atoms with Gasteiger partial charge < -0.3 is 5.32 Å². The monoisotopic (exact) mass is 335 g/mol. The fraction of sp³-hybridized carbons (Fsp3) is 0.176. The molecule has 5 heteroatoms. The van der Waals surface area contributed by atoms with Crippen LogP contribution in [-0.2, 0) is 22.4 Å². The molecule has 0 atom stereocenters. The third-order valence-corrected chi connectivity index (χ3v) is 3.61. The molecule has 0 heterocycles. The Morgan fingerprint density at radius 2 is 1.64 bits per heavy atom. The fourth-order valence-electron chi connectivity index (χ4n) is 1.98. The van der Waals surface area contributed by atoms with Crippen molar-refractivity contribution in [3.8, 4) is 0 Å². The highest BCUT2D eigenvalue weighted by molar-refractivity contribution is 6.36. The molecule has 0 fully saturated rings. The van der Waals surface area contributed by atoms with Gasteiger partial charge in [-0.2, -0.15) is 0 Å². The minimum Gasteiger partial charge on any atom is -0.349 e. The van der Waals surface area contributed by atoms with Crippen molar-refractivity contribution in [3.63, 3.8) is 0 Å². The molecule has 2 rings (SSSR count). The summed E-state index contributed by atoms with van der Waals surface area (Å²) in [4.78, 5) is 23.6. The molecule has 0 bridgehead atoms. The zero-order chi connectivity index (χ0) is 15.9. The van der Waals surface area contributed by atoms with E-state index in [1.54, 1.807) is 30.3 Å². The largest absolute Gasteiger partial charge is 0.349 e. The van der Waals surface area contributed by atoms with Crippen LogP contribution in [0.3, 0.4) is 0 Å². The number of benzene rings is 2. The van der Waals surface area contributed by atoms with Crippen LogP contribution in [0.25, 0.3) is 0 Å². The van der Waals surface area contributed by atoms with Crippen molar-refractivity contribution in [2.24, 2.45) is 0 Å². The highest BCUT2D eigenvalue weighted by Gasteiger charge is 2.13. The van der Waals surface area contributed by atoms with Crippen LogP contribution in [0.2, 0.25) is 10.0 Å². The van der Waals surface area contributed by atoms with Gasteiger partial charge in [0, 0.05) is 23.0 Å². The Morgan fingerprint density at radius 3 is 2.32 bits per heavy atom. The molecule has 0 aromatic heterocycles. The Bertz CT molecular complexity index is 669. The number of halogens is 2. The second kappa shape index (κ2) is 7.97. The molecule has 3 nitrogen and oxygen atoms in total. The number of hydrogen-bond acceptors (Lipinski definition) is 2. The van der Waals surface area contributed by atoms with Gasteiger partial charge in [0.25, 0.3) is 5.91 Å². The van der Waals surface area contributed by atoms with Crippen molar-refractivity contribution in [1.29, 1.82) is 0 Å². The van der Waals surface area contributed by atoms with Gasteiger partial charge in [-0.25, -0.2) is 0 Å². The summed E-state index contributed by atoms with van der Waals surface area (Å²) in [6.07, 6.45) is 0.695. The van der Waals surface area contributed by atoms with Crippen LogP contribution in [0.4, 0.5) is 0 Å². The van der Waals surface area contributed by atoms with Crippen LogP contribution in [0.1, 0.15) is 11.1 Å². The van der Waals surface area contributed by atoms with Crippen molar-refractivity contribution >= 4 is 34.9 Å². The number of hydrogen-bond donors (Lipinski definition) is 1. The summed E-state index contributed by atoms with van der Waals surface area (Å²) >= 11 is 11.7. The van der Waals surface area contributed by atoms with Gasteiger partial charge >= 0.3 is 0 Å². The average molecular weight is 336 g/mol. The summed E-state index contributed by atoms with van der Waals surface area (Å²) in [7, 11) is 0. The Hall–Kier alpha value is -1.84. The van der Waals surface area contributed by atoms with E-state index in [9.17, 15) is 9.59 Å². The van der Waals surface area contributed by atoms with Gasteiger partial charge in [-0.15, -0.1) is 0 Å². The van der Waals surface area contributed by atoms with E-state index in [2.05, 4.69) is 5.32 Å². The van der Waals surface area contributed by atoms with Crippen LogP contribution in [0.5, 0.6) is 0 Å². The molecule has 0 unspecified atom stereocenters. The molecule has 2 aromatic carbocycles. The van der Waals surface area contributed by atoms with Gasteiger partial charge in [-0.3, -0.25) is 9.59 Å². The van der Waals surface area contributed by atoms with E-state index in [1.165, 1.54) is 0 Å². The number of carbonyl (C=O) groups excluding carboxylic acids is 2. The maximum atomic E-state index is 11.8. The first-order valence-electron chi connectivity index (χ1n) is 6.84. The smallest absolute Gasteiger partial charge is 0.287 e. The van der Waals surface area contributed by atoms with Crippen LogP contribution in [0.15, 0.2) is 48.5 Å². The number of amides is 1. The highest BCUT2D eigenvalue weighted by Crippen LogP contribution is 2.11. The maximum absolute atomic E-state index is 11.8. The van der Waals surface area contributed by atoms with Crippen LogP contribution < -0.4 is 5.32 Å². The molecule has 114 valence electrons. The lowest BCUT2D eigenvalue weighted by atomic mass is 10.1. The molecular formula is C17H15Cl2NO2. The third-order valence-electron chi connectivity index (χ3n) is 3.12. The number of carbonyl (C=O) groups is 2. The first-order chi connectivity index (χ1) is 10.5. The second-order valence-corrected chi connectivity index (χ2v) is 5.74. The van der Waals surface area contributed by atoms with E-state index in [0.717, 1.165) is 11.1 Å². The molecule has 22 heavy (non-hydrogen) atoms. The van der Waals surface area contributed by atoms with Gasteiger partial charge in [-0.1, -0.05) is 47.5 Å². The van der Waals surface area contributed by atoms with Crippen molar-refractivity contribution in [3.05, 3.63) is 69.7 Å². The van der Waals surface area contributed by atoms with E-state index in [0.29, 0.717) is 23.0 Å². The molecule has 0 saturated carbocycles. The van der Waals surface area contributed by atoms with E-state index in [1.807, 2.05) is 18.2 Å². The predicted molar refractivity (Wildman–Crippen MR) is 88.3 cm³/mol. The molecule has 1 amide bonds. The molecule has 0 saturated heterocycles. The summed E-state index contributed by atoms with van der Waals surface area (Å²) in [6.45, 7) is 0.394. The van der Waals surface area contributed by atoms with Crippen molar-refractivity contribution < 1.29 is 9.59 Å². The summed E-state index contributed by atoms with van der Waals surface area (Å²) in [5, 5.41) is 3.88. The van der Waals surface area contributed by atoms with Gasteiger partial charge in [-0.05, 0) is 41.8 Å². The minimum atomic E-state index is -0.572. The van der Waals surface area contributed by atoms with Gasteiger partial charge in [0.2, 0.25) is 5.78 Å². The molecule has 1 N–H and O–H groups in total. The van der Waals surface area contributed by atoms with Crippen molar-refractivity contribution in [2.45, 2.75) is 12.8 Å². The van der Waals surface area contributed by atoms with Crippen molar-refractivity contribution in [2.75, 3.05) is 6.54 Å². The second-order valence-electron chi connectivity index (χ2n) is 4.86. The molecular weight excluding hydrogens is 321 g/mol. The first kappa shape index (κ1) is 16.5. The molecule has 0 spiro atoms. The zero-order valence-electron chi connectivity index (χ0n) is 11.8.